The van der Waals surface area contributed by atoms with Crippen LogP contribution in [0.3, 0.4) is 0 Å². The first kappa shape index (κ1) is 27.4. The van der Waals surface area contributed by atoms with Crippen LogP contribution in [0.15, 0.2) is 43.7 Å². The summed E-state index contributed by atoms with van der Waals surface area (Å²) in [5, 5.41) is 28.9. The highest BCUT2D eigenvalue weighted by Gasteiger charge is 2.54. The fourth-order valence-corrected chi connectivity index (χ4v) is 7.11. The second kappa shape index (κ2) is 11.1. The average Bonchev–Trinajstić information content (AvgIpc) is 3.53. The van der Waals surface area contributed by atoms with Crippen molar-refractivity contribution >= 4 is 79.0 Å². The standard InChI is InChI=1S/C22H18FN7O7S3/c23-5-6-37-28-15(11-8-38-21(24)25-11)18(31)27-16-12-3-4-13(17(20(33)34)29(12)19(16)32)39-22-26-10-2-1-9(30(35)36)7-14(10)40-22/h1-2,7-8,12,16H,3-6H2,(H2,24,25)(H,27,31)(H,33,34)/b28-15-/t12?,16-/m0/s1. The lowest BCUT2D eigenvalue weighted by molar-refractivity contribution is -0.384. The normalized spacial score (nSPS) is 18.9. The summed E-state index contributed by atoms with van der Waals surface area (Å²) in [6.45, 7) is -1.23. The summed E-state index contributed by atoms with van der Waals surface area (Å²) in [5.74, 6) is -2.76. The molecular weight excluding hydrogens is 589 g/mol. The highest BCUT2D eigenvalue weighted by Crippen LogP contribution is 2.45. The van der Waals surface area contributed by atoms with Gasteiger partial charge in [-0.3, -0.25) is 24.6 Å². The van der Waals surface area contributed by atoms with Gasteiger partial charge in [0.1, 0.15) is 30.7 Å². The number of aromatic nitrogens is 2. The summed E-state index contributed by atoms with van der Waals surface area (Å²) in [4.78, 5) is 63.6. The van der Waals surface area contributed by atoms with Crippen molar-refractivity contribution in [1.82, 2.24) is 20.2 Å². The number of hydrogen-bond donors (Lipinski definition) is 3. The van der Waals surface area contributed by atoms with Crippen molar-refractivity contribution < 1.29 is 33.6 Å². The molecule has 0 saturated carbocycles. The maximum Gasteiger partial charge on any atom is 0.353 e. The molecular formula is C22H18FN7O7S3. The Kier molecular flexibility index (Phi) is 7.63. The third-order valence-corrected chi connectivity index (χ3v) is 8.86. The number of oxime groups is 1. The van der Waals surface area contributed by atoms with Crippen LogP contribution in [0.5, 0.6) is 0 Å². The zero-order valence-electron chi connectivity index (χ0n) is 20.1. The molecule has 2 aliphatic heterocycles. The third kappa shape index (κ3) is 5.19. The number of allylic oxidation sites excluding steroid dienone is 1. The SMILES string of the molecule is Nc1nc(/C(=N/OCCF)C(=O)N[C@@H]2C(=O)N3C(C(=O)O)=C(Sc4nc5ccc([N+](=O)[O-])cc5s4)CCC23)cs1. The van der Waals surface area contributed by atoms with E-state index in [1.165, 1.54) is 34.9 Å². The van der Waals surface area contributed by atoms with Gasteiger partial charge in [0.2, 0.25) is 0 Å². The van der Waals surface area contributed by atoms with Gasteiger partial charge in [-0.2, -0.15) is 0 Å². The van der Waals surface area contributed by atoms with Crippen LogP contribution in [-0.4, -0.2) is 73.8 Å². The number of hydrogen-bond acceptors (Lipinski definition) is 13. The summed E-state index contributed by atoms with van der Waals surface area (Å²) in [5.41, 5.74) is 5.65. The van der Waals surface area contributed by atoms with Gasteiger partial charge < -0.3 is 21.0 Å². The molecule has 40 heavy (non-hydrogen) atoms. The Hall–Kier alpha value is -4.16. The Morgan fingerprint density at radius 2 is 2.20 bits per heavy atom. The van der Waals surface area contributed by atoms with Crippen molar-refractivity contribution in [3.8, 4) is 0 Å². The van der Waals surface area contributed by atoms with Crippen LogP contribution in [0.1, 0.15) is 18.5 Å². The minimum Gasteiger partial charge on any atom is -0.477 e. The lowest BCUT2D eigenvalue weighted by atomic mass is 9.86. The number of carbonyl (C=O) groups excluding carboxylic acids is 2. The number of nitro benzene ring substituents is 1. The topological polar surface area (TPSA) is 203 Å². The van der Waals surface area contributed by atoms with Crippen LogP contribution in [0, 0.1) is 10.1 Å². The number of carbonyl (C=O) groups is 3. The molecule has 14 nitrogen and oxygen atoms in total. The summed E-state index contributed by atoms with van der Waals surface area (Å²) < 4.78 is 13.5. The number of nitrogens with two attached hydrogens (primary N) is 1. The van der Waals surface area contributed by atoms with Crippen molar-refractivity contribution in [2.45, 2.75) is 29.3 Å². The van der Waals surface area contributed by atoms with Crippen LogP contribution < -0.4 is 11.1 Å². The first-order valence-corrected chi connectivity index (χ1v) is 14.0. The molecule has 208 valence electrons. The largest absolute Gasteiger partial charge is 0.477 e. The van der Waals surface area contributed by atoms with Crippen LogP contribution in [0.4, 0.5) is 15.2 Å². The molecule has 1 aromatic carbocycles. The predicted molar refractivity (Wildman–Crippen MR) is 144 cm³/mol. The van der Waals surface area contributed by atoms with E-state index in [2.05, 4.69) is 20.4 Å². The number of aliphatic carboxylic acids is 1. The van der Waals surface area contributed by atoms with Gasteiger partial charge in [-0.05, 0) is 18.9 Å². The first-order chi connectivity index (χ1) is 19.2. The molecule has 2 amide bonds. The fourth-order valence-electron chi connectivity index (χ4n) is 4.24. The lowest BCUT2D eigenvalue weighted by Gasteiger charge is -2.49. The number of thioether (sulfide) groups is 1. The Balaban J connectivity index is 1.35. The summed E-state index contributed by atoms with van der Waals surface area (Å²) >= 11 is 3.31. The molecule has 4 N–H and O–H groups in total. The van der Waals surface area contributed by atoms with Gasteiger partial charge >= 0.3 is 5.97 Å². The van der Waals surface area contributed by atoms with E-state index in [0.717, 1.165) is 28.0 Å². The zero-order chi connectivity index (χ0) is 28.6. The van der Waals surface area contributed by atoms with Crippen molar-refractivity contribution in [3.05, 3.63) is 50.0 Å². The Labute approximate surface area is 235 Å². The van der Waals surface area contributed by atoms with Gasteiger partial charge in [0.15, 0.2) is 15.2 Å². The predicted octanol–water partition coefficient (Wildman–Crippen LogP) is 2.51. The number of anilines is 1. The summed E-state index contributed by atoms with van der Waals surface area (Å²) in [6, 6.07) is 2.59. The van der Waals surface area contributed by atoms with Crippen LogP contribution >= 0.6 is 34.4 Å². The highest BCUT2D eigenvalue weighted by atomic mass is 32.2. The number of fused-ring (bicyclic) bond motifs is 2. The van der Waals surface area contributed by atoms with E-state index in [4.69, 9.17) is 10.6 Å². The number of carboxylic acid groups (broad SMARTS) is 1. The molecule has 0 bridgehead atoms. The molecule has 2 atom stereocenters. The maximum atomic E-state index is 13.1. The molecule has 0 spiro atoms. The van der Waals surface area contributed by atoms with Gasteiger partial charge in [-0.1, -0.05) is 16.9 Å². The highest BCUT2D eigenvalue weighted by molar-refractivity contribution is 8.04. The second-order valence-electron chi connectivity index (χ2n) is 8.37. The quantitative estimate of drug-likeness (QED) is 0.100. The minimum atomic E-state index is -1.32. The van der Waals surface area contributed by atoms with Crippen LogP contribution in [0.2, 0.25) is 0 Å². The number of halogens is 1. The molecule has 18 heteroatoms. The molecule has 2 aliphatic rings. The minimum absolute atomic E-state index is 0.0807. The number of carboxylic acids is 1. The van der Waals surface area contributed by atoms with E-state index >= 15 is 0 Å². The van der Waals surface area contributed by atoms with E-state index in [9.17, 15) is 34.0 Å². The number of alkyl halides is 1. The number of nitrogens with zero attached hydrogens (tertiary/aromatic N) is 5. The van der Waals surface area contributed by atoms with Crippen molar-refractivity contribution in [2.24, 2.45) is 5.16 Å². The molecule has 2 aromatic heterocycles. The van der Waals surface area contributed by atoms with Crippen molar-refractivity contribution in [1.29, 1.82) is 0 Å². The number of rotatable bonds is 10. The number of β-lactam (4-membered cyclic amide) rings is 1. The van der Waals surface area contributed by atoms with Crippen molar-refractivity contribution in [3.63, 3.8) is 0 Å². The van der Waals surface area contributed by atoms with Gasteiger partial charge in [-0.15, -0.1) is 22.7 Å². The number of nitrogens with one attached hydrogen (secondary N) is 1. The van der Waals surface area contributed by atoms with E-state index in [-0.39, 0.29) is 34.3 Å². The van der Waals surface area contributed by atoms with Gasteiger partial charge in [0.05, 0.1) is 21.2 Å². The molecule has 1 unspecified atom stereocenters. The number of amides is 2. The number of thiazole rings is 2. The maximum absolute atomic E-state index is 13.1. The van der Waals surface area contributed by atoms with Crippen molar-refractivity contribution in [2.75, 3.05) is 19.0 Å². The van der Waals surface area contributed by atoms with E-state index in [1.807, 2.05) is 0 Å². The second-order valence-corrected chi connectivity index (χ2v) is 11.6. The number of non-ortho nitro benzene ring substituents is 1. The molecule has 4 heterocycles. The smallest absolute Gasteiger partial charge is 0.353 e. The molecule has 5 rings (SSSR count). The first-order valence-electron chi connectivity index (χ1n) is 11.5. The third-order valence-electron chi connectivity index (χ3n) is 5.96. The van der Waals surface area contributed by atoms with Crippen LogP contribution in [0.25, 0.3) is 10.2 Å². The van der Waals surface area contributed by atoms with E-state index in [1.54, 1.807) is 0 Å². The Morgan fingerprint density at radius 1 is 1.40 bits per heavy atom. The summed E-state index contributed by atoms with van der Waals surface area (Å²) in [7, 11) is 0. The monoisotopic (exact) mass is 607 g/mol. The lowest BCUT2D eigenvalue weighted by Crippen LogP contribution is -2.72. The number of nitrogen functional groups attached to an aromatic ring is 1. The fraction of sp³-hybridized carbons (Fsp3) is 0.273. The molecule has 3 aromatic rings. The van der Waals surface area contributed by atoms with Gasteiger partial charge in [0, 0.05) is 22.4 Å². The molecule has 0 aliphatic carbocycles. The summed E-state index contributed by atoms with van der Waals surface area (Å²) in [6.07, 6.45) is 0.632. The van der Waals surface area contributed by atoms with Gasteiger partial charge in [-0.25, -0.2) is 19.2 Å². The van der Waals surface area contributed by atoms with Crippen LogP contribution in [-0.2, 0) is 19.2 Å². The number of nitro groups is 1. The van der Waals surface area contributed by atoms with E-state index in [0.29, 0.717) is 25.9 Å². The van der Waals surface area contributed by atoms with Gasteiger partial charge in [0.25, 0.3) is 17.5 Å². The Bertz CT molecular complexity index is 1600. The van der Waals surface area contributed by atoms with E-state index < -0.39 is 48.1 Å². The average molecular weight is 608 g/mol. The Morgan fingerprint density at radius 3 is 2.88 bits per heavy atom. The molecule has 1 fully saturated rings. The number of benzene rings is 1. The molecule has 0 radical (unpaired) electrons. The molecule has 1 saturated heterocycles. The zero-order valence-corrected chi connectivity index (χ0v) is 22.6.